The molecule has 0 N–H and O–H groups in total. The molecule has 202 valence electrons. The van der Waals surface area contributed by atoms with E-state index in [0.29, 0.717) is 18.4 Å². The van der Waals surface area contributed by atoms with E-state index in [4.69, 9.17) is 0 Å². The maximum atomic E-state index is 13.6. The molecule has 2 aliphatic carbocycles. The number of unbranched alkanes of at least 4 members (excludes halogenated alkanes) is 11. The Labute approximate surface area is 216 Å². The van der Waals surface area contributed by atoms with E-state index in [9.17, 15) is 13.2 Å². The molecule has 1 amide bonds. The summed E-state index contributed by atoms with van der Waals surface area (Å²) in [5, 5.41) is -0.492. The smallest absolute Gasteiger partial charge is 0.241 e. The molecule has 1 saturated carbocycles. The largest absolute Gasteiger partial charge is 0.273 e. The summed E-state index contributed by atoms with van der Waals surface area (Å²) in [5.41, 5.74) is 2.85. The molecule has 2 fully saturated rings. The highest BCUT2D eigenvalue weighted by atomic mass is 32.2. The van der Waals surface area contributed by atoms with Gasteiger partial charge < -0.3 is 0 Å². The van der Waals surface area contributed by atoms with Crippen molar-refractivity contribution in [2.45, 2.75) is 136 Å². The highest BCUT2D eigenvalue weighted by Gasteiger charge is 2.66. The third-order valence-electron chi connectivity index (χ3n) is 9.51. The average Bonchev–Trinajstić information content (AvgIpc) is 3.47. The van der Waals surface area contributed by atoms with Crippen molar-refractivity contribution in [3.63, 3.8) is 0 Å². The van der Waals surface area contributed by atoms with Crippen molar-refractivity contribution in [1.82, 2.24) is 4.31 Å². The lowest BCUT2D eigenvalue weighted by molar-refractivity contribution is -0.129. The lowest BCUT2D eigenvalue weighted by atomic mass is 9.73. The van der Waals surface area contributed by atoms with E-state index in [1.807, 2.05) is 0 Å². The van der Waals surface area contributed by atoms with E-state index in [1.165, 1.54) is 73.2 Å². The van der Waals surface area contributed by atoms with Gasteiger partial charge >= 0.3 is 0 Å². The zero-order valence-electron chi connectivity index (χ0n) is 23.4. The summed E-state index contributed by atoms with van der Waals surface area (Å²) >= 11 is 0. The van der Waals surface area contributed by atoms with Gasteiger partial charge in [0.25, 0.3) is 0 Å². The fourth-order valence-electron chi connectivity index (χ4n) is 7.30. The number of hydrogen-bond acceptors (Lipinski definition) is 3. The van der Waals surface area contributed by atoms with Gasteiger partial charge in [-0.2, -0.15) is 0 Å². The van der Waals surface area contributed by atoms with E-state index in [0.717, 1.165) is 38.5 Å². The van der Waals surface area contributed by atoms with Gasteiger partial charge in [-0.05, 0) is 43.4 Å². The Bertz CT molecular complexity index is 833. The minimum absolute atomic E-state index is 0.0601. The van der Waals surface area contributed by atoms with Gasteiger partial charge in [0, 0.05) is 12.5 Å². The molecule has 3 rings (SSSR count). The van der Waals surface area contributed by atoms with Gasteiger partial charge in [0.05, 0.1) is 11.2 Å². The normalized spacial score (nSPS) is 28.7. The molecule has 3 aliphatic rings. The number of hydrogen-bond donors (Lipinski definition) is 0. The Morgan fingerprint density at radius 2 is 1.20 bits per heavy atom. The molecule has 4 nitrogen and oxygen atoms in total. The van der Waals surface area contributed by atoms with Crippen LogP contribution in [0.1, 0.15) is 131 Å². The van der Waals surface area contributed by atoms with E-state index in [1.54, 1.807) is 0 Å². The first-order chi connectivity index (χ1) is 16.8. The third kappa shape index (κ3) is 6.02. The van der Waals surface area contributed by atoms with E-state index in [2.05, 4.69) is 34.6 Å². The van der Waals surface area contributed by atoms with Crippen molar-refractivity contribution in [2.75, 3.05) is 6.54 Å². The quantitative estimate of drug-likeness (QED) is 0.149. The van der Waals surface area contributed by atoms with Gasteiger partial charge in [-0.25, -0.2) is 12.7 Å². The van der Waals surface area contributed by atoms with Crippen LogP contribution in [-0.2, 0) is 14.8 Å². The van der Waals surface area contributed by atoms with Crippen molar-refractivity contribution >= 4 is 15.9 Å². The fourth-order valence-corrected chi connectivity index (χ4v) is 9.70. The van der Waals surface area contributed by atoms with Crippen LogP contribution in [0.25, 0.3) is 0 Å². The second-order valence-corrected chi connectivity index (χ2v) is 13.8. The van der Waals surface area contributed by atoms with Gasteiger partial charge in [-0.1, -0.05) is 116 Å². The van der Waals surface area contributed by atoms with Crippen molar-refractivity contribution in [3.05, 3.63) is 11.1 Å². The summed E-state index contributed by atoms with van der Waals surface area (Å²) in [6.45, 7) is 11.6. The fraction of sp³-hybridized carbons (Fsp3) is 0.900. The molecule has 6 unspecified atom stereocenters. The molecule has 2 bridgehead atoms. The number of carbonyl (C=O) groups is 1. The first-order valence-electron chi connectivity index (χ1n) is 15.1. The Kier molecular flexibility index (Phi) is 10.8. The van der Waals surface area contributed by atoms with Gasteiger partial charge in [0.2, 0.25) is 15.9 Å². The number of sulfonamides is 1. The second kappa shape index (κ2) is 13.1. The minimum atomic E-state index is -3.54. The van der Waals surface area contributed by atoms with Crippen LogP contribution in [0, 0.1) is 29.6 Å². The second-order valence-electron chi connectivity index (χ2n) is 11.8. The molecule has 0 radical (unpaired) electrons. The van der Waals surface area contributed by atoms with Crippen molar-refractivity contribution < 1.29 is 13.2 Å². The molecular weight excluding hydrogens is 454 g/mol. The number of carbonyl (C=O) groups excluding carboxylic acids is 1. The van der Waals surface area contributed by atoms with Crippen LogP contribution in [0.3, 0.4) is 0 Å². The first kappa shape index (κ1) is 28.7. The SMILES string of the molecule is CCCCCCCCCCCCCCN1C(=O)C2C3CC(C(C(C)CC)=C3C(C)CC)C2S1(=O)=O. The third-order valence-corrected chi connectivity index (χ3v) is 11.8. The molecule has 35 heavy (non-hydrogen) atoms. The van der Waals surface area contributed by atoms with Crippen LogP contribution in [0.4, 0.5) is 0 Å². The molecular formula is C30H53NO3S. The van der Waals surface area contributed by atoms with Crippen LogP contribution in [-0.4, -0.2) is 30.4 Å². The number of allylic oxidation sites excluding steroid dienone is 2. The molecule has 1 aliphatic heterocycles. The van der Waals surface area contributed by atoms with E-state index in [-0.39, 0.29) is 23.7 Å². The van der Waals surface area contributed by atoms with E-state index >= 15 is 0 Å². The summed E-state index contributed by atoms with van der Waals surface area (Å²) in [4.78, 5) is 13.5. The Morgan fingerprint density at radius 3 is 1.69 bits per heavy atom. The van der Waals surface area contributed by atoms with Gasteiger partial charge in [-0.3, -0.25) is 4.79 Å². The molecule has 5 heteroatoms. The van der Waals surface area contributed by atoms with Gasteiger partial charge in [0.15, 0.2) is 0 Å². The summed E-state index contributed by atoms with van der Waals surface area (Å²) in [5.74, 6) is 0.651. The molecule has 0 spiro atoms. The molecule has 6 atom stereocenters. The lowest BCUT2D eigenvalue weighted by Crippen LogP contribution is -2.36. The van der Waals surface area contributed by atoms with Crippen LogP contribution >= 0.6 is 0 Å². The van der Waals surface area contributed by atoms with E-state index < -0.39 is 15.3 Å². The predicted octanol–water partition coefficient (Wildman–Crippen LogP) is 7.88. The number of nitrogens with zero attached hydrogens (tertiary/aromatic N) is 1. The highest BCUT2D eigenvalue weighted by Crippen LogP contribution is 2.61. The molecule has 0 aromatic heterocycles. The zero-order chi connectivity index (χ0) is 25.6. The Balaban J connectivity index is 1.49. The minimum Gasteiger partial charge on any atom is -0.273 e. The maximum absolute atomic E-state index is 13.6. The van der Waals surface area contributed by atoms with Crippen molar-refractivity contribution in [1.29, 1.82) is 0 Å². The van der Waals surface area contributed by atoms with Gasteiger partial charge in [-0.15, -0.1) is 0 Å². The van der Waals surface area contributed by atoms with Crippen molar-refractivity contribution in [2.24, 2.45) is 29.6 Å². The van der Waals surface area contributed by atoms with Crippen molar-refractivity contribution in [3.8, 4) is 0 Å². The van der Waals surface area contributed by atoms with Crippen LogP contribution in [0.5, 0.6) is 0 Å². The molecule has 1 saturated heterocycles. The standard InChI is InChI=1S/C30H53NO3S/c1-6-9-10-11-12-13-14-15-16-17-18-19-20-31-30(32)28-24-21-25(29(28)35(31,33)34)27(23(5)8-3)26(24)22(4)7-2/h22-25,28-29H,6-21H2,1-5H3. The summed E-state index contributed by atoms with van der Waals surface area (Å²) < 4.78 is 28.5. The predicted molar refractivity (Wildman–Crippen MR) is 147 cm³/mol. The summed E-state index contributed by atoms with van der Waals surface area (Å²) in [6.07, 6.45) is 17.9. The number of fused-ring (bicyclic) bond motifs is 5. The lowest BCUT2D eigenvalue weighted by Gasteiger charge is -2.32. The molecule has 0 aromatic rings. The Morgan fingerprint density at radius 1 is 0.743 bits per heavy atom. The average molecular weight is 508 g/mol. The van der Waals surface area contributed by atoms with Gasteiger partial charge in [0.1, 0.15) is 0 Å². The van der Waals surface area contributed by atoms with Crippen LogP contribution < -0.4 is 0 Å². The zero-order valence-corrected chi connectivity index (χ0v) is 24.2. The van der Waals surface area contributed by atoms with Crippen LogP contribution in [0.15, 0.2) is 11.1 Å². The number of amides is 1. The number of rotatable bonds is 17. The van der Waals surface area contributed by atoms with Crippen LogP contribution in [0.2, 0.25) is 0 Å². The summed E-state index contributed by atoms with van der Waals surface area (Å²) in [7, 11) is -3.54. The molecule has 1 heterocycles. The molecule has 0 aromatic carbocycles. The highest BCUT2D eigenvalue weighted by molar-refractivity contribution is 7.90. The first-order valence-corrected chi connectivity index (χ1v) is 16.6. The topological polar surface area (TPSA) is 54.5 Å². The monoisotopic (exact) mass is 507 g/mol. The summed E-state index contributed by atoms with van der Waals surface area (Å²) in [6, 6.07) is 0. The maximum Gasteiger partial charge on any atom is 0.241 e. The Hall–Kier alpha value is -0.840.